The number of piperidine rings is 1. The van der Waals surface area contributed by atoms with E-state index in [-0.39, 0.29) is 6.04 Å². The molecule has 4 aromatic rings. The first-order valence-electron chi connectivity index (χ1n) is 12.4. The summed E-state index contributed by atoms with van der Waals surface area (Å²) >= 11 is 1.76. The maximum absolute atomic E-state index is 5.28. The van der Waals surface area contributed by atoms with Crippen molar-refractivity contribution in [3.05, 3.63) is 53.2 Å². The zero-order chi connectivity index (χ0) is 21.8. The van der Waals surface area contributed by atoms with Crippen LogP contribution >= 0.6 is 11.3 Å². The van der Waals surface area contributed by atoms with Gasteiger partial charge in [0.15, 0.2) is 5.82 Å². The zero-order valence-electron chi connectivity index (χ0n) is 18.8. The van der Waals surface area contributed by atoms with Crippen molar-refractivity contribution in [3.8, 4) is 11.1 Å². The van der Waals surface area contributed by atoms with Gasteiger partial charge in [0.25, 0.3) is 0 Å². The van der Waals surface area contributed by atoms with Crippen molar-refractivity contribution < 1.29 is 0 Å². The standard InChI is InChI=1S/C26H28N6S/c1-2-8-17(9-3-1)19-16-33-26-22(19)25(27-23(28-26)18-12-13-18)31-14-6-4-10-20(31)24-30-29-21-11-5-7-15-32(21)24/h1-3,8-9,16,18,20H,4-7,10-15H2/t20-/m0/s1. The summed E-state index contributed by atoms with van der Waals surface area (Å²) in [5.41, 5.74) is 2.49. The lowest BCUT2D eigenvalue weighted by Crippen LogP contribution is -2.36. The highest BCUT2D eigenvalue weighted by Crippen LogP contribution is 2.46. The third-order valence-corrected chi connectivity index (χ3v) is 8.29. The van der Waals surface area contributed by atoms with E-state index in [1.54, 1.807) is 11.3 Å². The monoisotopic (exact) mass is 456 g/mol. The SMILES string of the molecule is c1ccc(-c2csc3nc(C4CC4)nc(N4CCCC[C@H]4c4nnc5n4CCCC5)c23)cc1. The fraction of sp³-hybridized carbons (Fsp3) is 0.462. The van der Waals surface area contributed by atoms with Crippen LogP contribution in [0.2, 0.25) is 0 Å². The Morgan fingerprint density at radius 3 is 2.64 bits per heavy atom. The van der Waals surface area contributed by atoms with Crippen molar-refractivity contribution >= 4 is 27.4 Å². The molecule has 0 unspecified atom stereocenters. The summed E-state index contributed by atoms with van der Waals surface area (Å²) < 4.78 is 2.40. The summed E-state index contributed by atoms with van der Waals surface area (Å²) in [5.74, 6) is 4.97. The molecule has 1 aromatic carbocycles. The molecule has 0 radical (unpaired) electrons. The first-order valence-corrected chi connectivity index (χ1v) is 13.3. The minimum Gasteiger partial charge on any atom is -0.346 e. The predicted molar refractivity (Wildman–Crippen MR) is 132 cm³/mol. The Morgan fingerprint density at radius 1 is 0.879 bits per heavy atom. The van der Waals surface area contributed by atoms with Crippen molar-refractivity contribution in [3.63, 3.8) is 0 Å². The minimum absolute atomic E-state index is 0.228. The Hall–Kier alpha value is -2.80. The molecule has 0 bridgehead atoms. The van der Waals surface area contributed by atoms with Crippen LogP contribution in [-0.4, -0.2) is 31.3 Å². The van der Waals surface area contributed by atoms with E-state index in [2.05, 4.69) is 50.3 Å². The van der Waals surface area contributed by atoms with E-state index >= 15 is 0 Å². The maximum Gasteiger partial charge on any atom is 0.155 e. The molecule has 0 spiro atoms. The number of nitrogens with zero attached hydrogens (tertiary/aromatic N) is 6. The van der Waals surface area contributed by atoms with Crippen LogP contribution in [0.4, 0.5) is 5.82 Å². The highest BCUT2D eigenvalue weighted by molar-refractivity contribution is 7.17. The fourth-order valence-corrected chi connectivity index (χ4v) is 6.48. The van der Waals surface area contributed by atoms with Crippen molar-refractivity contribution in [2.45, 2.75) is 69.9 Å². The van der Waals surface area contributed by atoms with Crippen LogP contribution in [0.3, 0.4) is 0 Å². The molecule has 1 saturated carbocycles. The molecular weight excluding hydrogens is 428 g/mol. The van der Waals surface area contributed by atoms with Crippen LogP contribution in [0, 0.1) is 0 Å². The summed E-state index contributed by atoms with van der Waals surface area (Å²) in [7, 11) is 0. The van der Waals surface area contributed by atoms with Crippen LogP contribution in [0.15, 0.2) is 35.7 Å². The van der Waals surface area contributed by atoms with Gasteiger partial charge in [-0.3, -0.25) is 0 Å². The number of hydrogen-bond donors (Lipinski definition) is 0. The van der Waals surface area contributed by atoms with Gasteiger partial charge in [-0.2, -0.15) is 0 Å². The van der Waals surface area contributed by atoms with Crippen molar-refractivity contribution in [1.82, 2.24) is 24.7 Å². The number of aryl methyl sites for hydroxylation is 1. The molecule has 168 valence electrons. The van der Waals surface area contributed by atoms with E-state index in [4.69, 9.17) is 15.1 Å². The van der Waals surface area contributed by atoms with Gasteiger partial charge in [-0.15, -0.1) is 21.5 Å². The molecule has 2 fully saturated rings. The molecule has 0 amide bonds. The Balaban J connectivity index is 1.41. The molecule has 7 heteroatoms. The van der Waals surface area contributed by atoms with Gasteiger partial charge in [0, 0.05) is 36.4 Å². The van der Waals surface area contributed by atoms with Gasteiger partial charge < -0.3 is 9.47 Å². The molecule has 33 heavy (non-hydrogen) atoms. The molecule has 3 aromatic heterocycles. The summed E-state index contributed by atoms with van der Waals surface area (Å²) in [5, 5.41) is 12.8. The second-order valence-corrected chi connectivity index (χ2v) is 10.5. The van der Waals surface area contributed by atoms with Gasteiger partial charge in [0.2, 0.25) is 0 Å². The van der Waals surface area contributed by atoms with Crippen molar-refractivity contribution in [1.29, 1.82) is 0 Å². The first-order chi connectivity index (χ1) is 16.4. The quantitative estimate of drug-likeness (QED) is 0.383. The van der Waals surface area contributed by atoms with Gasteiger partial charge in [0.05, 0.1) is 11.4 Å². The van der Waals surface area contributed by atoms with Crippen molar-refractivity contribution in [2.24, 2.45) is 0 Å². The van der Waals surface area contributed by atoms with E-state index in [1.165, 1.54) is 55.0 Å². The lowest BCUT2D eigenvalue weighted by atomic mass is 9.99. The molecule has 1 atom stereocenters. The van der Waals surface area contributed by atoms with E-state index in [1.807, 2.05) is 0 Å². The van der Waals surface area contributed by atoms with Gasteiger partial charge in [-0.05, 0) is 50.5 Å². The Bertz CT molecular complexity index is 1310. The number of thiophene rings is 1. The summed E-state index contributed by atoms with van der Waals surface area (Å²) in [4.78, 5) is 14.0. The summed E-state index contributed by atoms with van der Waals surface area (Å²) in [6.07, 6.45) is 9.43. The number of benzene rings is 1. The lowest BCUT2D eigenvalue weighted by molar-refractivity contribution is 0.421. The molecule has 1 aliphatic carbocycles. The average molecular weight is 457 g/mol. The van der Waals surface area contributed by atoms with Crippen LogP contribution in [0.25, 0.3) is 21.3 Å². The van der Waals surface area contributed by atoms with E-state index in [9.17, 15) is 0 Å². The highest BCUT2D eigenvalue weighted by atomic mass is 32.1. The Labute approximate surface area is 197 Å². The third kappa shape index (κ3) is 3.36. The largest absolute Gasteiger partial charge is 0.346 e. The van der Waals surface area contributed by atoms with Crippen LogP contribution in [0.5, 0.6) is 0 Å². The smallest absolute Gasteiger partial charge is 0.155 e. The molecule has 7 rings (SSSR count). The number of aromatic nitrogens is 5. The molecule has 5 heterocycles. The Kier molecular flexibility index (Phi) is 4.71. The highest BCUT2D eigenvalue weighted by Gasteiger charge is 2.35. The molecule has 1 saturated heterocycles. The average Bonchev–Trinajstić information content (AvgIpc) is 3.50. The van der Waals surface area contributed by atoms with Crippen LogP contribution in [-0.2, 0) is 13.0 Å². The normalized spacial score (nSPS) is 20.8. The third-order valence-electron chi connectivity index (χ3n) is 7.42. The maximum atomic E-state index is 5.28. The van der Waals surface area contributed by atoms with E-state index < -0.39 is 0 Å². The van der Waals surface area contributed by atoms with Gasteiger partial charge in [-0.25, -0.2) is 9.97 Å². The molecular formula is C26H28N6S. The van der Waals surface area contributed by atoms with E-state index in [0.29, 0.717) is 5.92 Å². The molecule has 2 aliphatic heterocycles. The molecule has 3 aliphatic rings. The predicted octanol–water partition coefficient (Wildman–Crippen LogP) is 5.90. The lowest BCUT2D eigenvalue weighted by Gasteiger charge is -2.37. The van der Waals surface area contributed by atoms with Gasteiger partial charge in [0.1, 0.15) is 22.3 Å². The van der Waals surface area contributed by atoms with Gasteiger partial charge >= 0.3 is 0 Å². The fourth-order valence-electron chi connectivity index (χ4n) is 5.53. The summed E-state index contributed by atoms with van der Waals surface area (Å²) in [6, 6.07) is 10.9. The number of rotatable bonds is 4. The molecule has 0 N–H and O–H groups in total. The van der Waals surface area contributed by atoms with Crippen molar-refractivity contribution in [2.75, 3.05) is 11.4 Å². The van der Waals surface area contributed by atoms with Gasteiger partial charge in [-0.1, -0.05) is 30.3 Å². The molecule has 6 nitrogen and oxygen atoms in total. The van der Waals surface area contributed by atoms with E-state index in [0.717, 1.165) is 54.1 Å². The first kappa shape index (κ1) is 19.6. The van der Waals surface area contributed by atoms with Crippen LogP contribution in [0.1, 0.15) is 74.4 Å². The minimum atomic E-state index is 0.228. The zero-order valence-corrected chi connectivity index (χ0v) is 19.6. The van der Waals surface area contributed by atoms with Crippen LogP contribution < -0.4 is 4.90 Å². The Morgan fingerprint density at radius 2 is 1.76 bits per heavy atom. The number of anilines is 1. The second kappa shape index (κ2) is 7.90. The number of hydrogen-bond acceptors (Lipinski definition) is 6. The second-order valence-electron chi connectivity index (χ2n) is 9.66. The summed E-state index contributed by atoms with van der Waals surface area (Å²) in [6.45, 7) is 2.05. The number of fused-ring (bicyclic) bond motifs is 2. The topological polar surface area (TPSA) is 59.7 Å².